The fourth-order valence-electron chi connectivity index (χ4n) is 13.5. The Morgan fingerprint density at radius 2 is 0.989 bits per heavy atom. The molecule has 456 valence electrons. The number of nitrogens with zero attached hydrogens (tertiary/aromatic N) is 7. The number of fused-ring (bicyclic) bond motifs is 6. The molecule has 16 nitrogen and oxygen atoms in total. The molecule has 7 heterocycles. The molecule has 10 aromatic rings. The lowest BCUT2D eigenvalue weighted by Gasteiger charge is -2.43. The van der Waals surface area contributed by atoms with Gasteiger partial charge in [0.2, 0.25) is 11.8 Å². The van der Waals surface area contributed by atoms with Gasteiger partial charge >= 0.3 is 12.1 Å². The van der Waals surface area contributed by atoms with Gasteiger partial charge in [0.05, 0.1) is 47.5 Å². The van der Waals surface area contributed by atoms with E-state index in [-0.39, 0.29) is 87.1 Å². The third-order valence-corrected chi connectivity index (χ3v) is 19.8. The number of benzene rings is 7. The summed E-state index contributed by atoms with van der Waals surface area (Å²) in [5.74, 6) is -2.26. The number of pyridine rings is 1. The van der Waals surface area contributed by atoms with Gasteiger partial charge in [0.25, 0.3) is 11.8 Å². The molecule has 18 heteroatoms. The van der Waals surface area contributed by atoms with Crippen molar-refractivity contribution >= 4 is 91.4 Å². The summed E-state index contributed by atoms with van der Waals surface area (Å²) >= 11 is 2.55. The van der Waals surface area contributed by atoms with Crippen LogP contribution < -0.4 is 20.4 Å². The molecule has 7 aromatic carbocycles. The van der Waals surface area contributed by atoms with Crippen molar-refractivity contribution in [2.75, 3.05) is 49.1 Å². The fourth-order valence-corrected chi connectivity index (χ4v) is 15.2. The maximum Gasteiger partial charge on any atom is 0.323 e. The molecule has 0 spiro atoms. The first-order valence-corrected chi connectivity index (χ1v) is 32.5. The summed E-state index contributed by atoms with van der Waals surface area (Å²) in [5.41, 5.74) is 7.93. The lowest BCUT2D eigenvalue weighted by Crippen LogP contribution is -2.62. The van der Waals surface area contributed by atoms with E-state index in [0.29, 0.717) is 70.3 Å². The van der Waals surface area contributed by atoms with Crippen molar-refractivity contribution in [3.63, 3.8) is 0 Å². The van der Waals surface area contributed by atoms with Gasteiger partial charge in [-0.05, 0) is 111 Å². The van der Waals surface area contributed by atoms with Gasteiger partial charge in [0.15, 0.2) is 0 Å². The van der Waals surface area contributed by atoms with Gasteiger partial charge in [0, 0.05) is 50.2 Å². The van der Waals surface area contributed by atoms with E-state index in [1.807, 2.05) is 181 Å². The minimum absolute atomic E-state index is 0.0205. The van der Waals surface area contributed by atoms with Gasteiger partial charge in [-0.25, -0.2) is 14.6 Å². The van der Waals surface area contributed by atoms with Crippen LogP contribution in [0.5, 0.6) is 5.75 Å². The predicted octanol–water partition coefficient (Wildman–Crippen LogP) is 11.8. The van der Waals surface area contributed by atoms with Gasteiger partial charge in [-0.15, -0.1) is 22.7 Å². The molecule has 2 fully saturated rings. The summed E-state index contributed by atoms with van der Waals surface area (Å²) in [6.07, 6.45) is 0.106. The van der Waals surface area contributed by atoms with Crippen molar-refractivity contribution in [3.05, 3.63) is 248 Å². The van der Waals surface area contributed by atoms with Crippen LogP contribution in [0.25, 0.3) is 32.9 Å². The highest BCUT2D eigenvalue weighted by Gasteiger charge is 2.49. The number of phenolic OH excluding ortho intramolecular Hbond substituents is 1. The molecule has 4 atom stereocenters. The molecular formula is C73H65N9O7S2. The summed E-state index contributed by atoms with van der Waals surface area (Å²) in [6.45, 7) is 1.24. The molecule has 3 N–H and O–H groups in total. The van der Waals surface area contributed by atoms with Crippen molar-refractivity contribution in [3.8, 4) is 17.0 Å². The van der Waals surface area contributed by atoms with E-state index >= 15 is 9.59 Å². The first-order valence-electron chi connectivity index (χ1n) is 30.8. The van der Waals surface area contributed by atoms with Crippen LogP contribution >= 0.6 is 22.7 Å². The molecule has 0 bridgehead atoms. The molecular weight excluding hydrogens is 1180 g/mol. The predicted molar refractivity (Wildman–Crippen MR) is 355 cm³/mol. The molecule has 2 unspecified atom stereocenters. The summed E-state index contributed by atoms with van der Waals surface area (Å²) in [4.78, 5) is 106. The number of aromatic nitrogens is 1. The van der Waals surface area contributed by atoms with Gasteiger partial charge in [-0.2, -0.15) is 0 Å². The third-order valence-electron chi connectivity index (χ3n) is 18.0. The molecule has 0 aliphatic carbocycles. The van der Waals surface area contributed by atoms with Crippen LogP contribution in [0, 0.1) is 11.8 Å². The largest absolute Gasteiger partial charge is 0.507 e. The number of urea groups is 2. The number of hydrogen-bond acceptors (Lipinski definition) is 10. The molecule has 14 rings (SSSR count). The Labute approximate surface area is 534 Å². The van der Waals surface area contributed by atoms with E-state index in [1.165, 1.54) is 22.7 Å². The number of thiophene rings is 2. The molecule has 8 amide bonds. The maximum absolute atomic E-state index is 15.5. The molecule has 2 saturated heterocycles. The van der Waals surface area contributed by atoms with Crippen molar-refractivity contribution in [2.45, 2.75) is 51.1 Å². The SMILES string of the molecule is O=C1[C@H](Cc2ccc(O)c(-c3ccc4cccc(CN5CC6N(C[C@@H](Cc7ccccc7)C5=O)C(=O)c5sccc5N6C(=O)NCCc5ccccc5)c4n3)c2)CN2C(=O)c3sccc3N(C(=O)NCCc3ccccc3)C2CN1Cc1cccc2ccccc12. The third kappa shape index (κ3) is 11.8. The summed E-state index contributed by atoms with van der Waals surface area (Å²) in [6, 6.07) is 61.4. The average Bonchev–Trinajstić information content (AvgIpc) is 1.76. The minimum Gasteiger partial charge on any atom is -0.507 e. The highest BCUT2D eigenvalue weighted by Crippen LogP contribution is 2.41. The Morgan fingerprint density at radius 1 is 0.495 bits per heavy atom. The highest BCUT2D eigenvalue weighted by atomic mass is 32.1. The summed E-state index contributed by atoms with van der Waals surface area (Å²) in [5, 5.41) is 24.5. The highest BCUT2D eigenvalue weighted by molar-refractivity contribution is 7.13. The number of hydrogen-bond donors (Lipinski definition) is 3. The van der Waals surface area contributed by atoms with E-state index in [2.05, 4.69) is 10.6 Å². The van der Waals surface area contributed by atoms with Crippen LogP contribution in [0.4, 0.5) is 21.0 Å². The monoisotopic (exact) mass is 1240 g/mol. The second kappa shape index (κ2) is 25.4. The number of phenols is 1. The Balaban J connectivity index is 0.775. The molecule has 0 saturated carbocycles. The van der Waals surface area contributed by atoms with Crippen LogP contribution in [-0.2, 0) is 48.4 Å². The molecule has 91 heavy (non-hydrogen) atoms. The standard InChI is InChI=1S/C73H65N9O7S2/c83-62-29-26-50(39-56-44-80-63(45-77(69(56)85)41-53-23-12-21-51-20-10-11-25-57(51)53)81(60-32-36-91-67(60)71(80)87)72(88)74-34-30-47-14-4-1-5-15-47)40-58(62)59-28-27-52-22-13-24-54(65(52)76-59)42-78-46-64-79(43-55(68(78)84)38-49-18-8-3-9-19-49)70(86)66-61(33-37-90-66)82(64)73(89)75-35-31-48-16-6-2-7-17-48/h1-29,32-33,36-37,40,55-56,63-64,83H,30-31,34-35,38-39,41-46H2,(H,74,88)(H,75,89)/t55-,56-,63?,64?/m1/s1. The fraction of sp³-hybridized carbons (Fsp3) is 0.219. The lowest BCUT2D eigenvalue weighted by atomic mass is 9.94. The van der Waals surface area contributed by atoms with Crippen LogP contribution in [0.3, 0.4) is 0 Å². The molecule has 4 aliphatic rings. The van der Waals surface area contributed by atoms with Crippen LogP contribution in [0.2, 0.25) is 0 Å². The Morgan fingerprint density at radius 3 is 1.57 bits per heavy atom. The number of anilines is 2. The maximum atomic E-state index is 15.5. The zero-order chi connectivity index (χ0) is 62.1. The zero-order valence-corrected chi connectivity index (χ0v) is 51.4. The first-order chi connectivity index (χ1) is 44.5. The number of nitrogens with one attached hydrogen (secondary N) is 2. The summed E-state index contributed by atoms with van der Waals surface area (Å²) < 4.78 is 0. The van der Waals surface area contributed by atoms with Gasteiger partial charge < -0.3 is 35.3 Å². The second-order valence-corrected chi connectivity index (χ2v) is 25.6. The van der Waals surface area contributed by atoms with E-state index in [1.54, 1.807) is 53.7 Å². The molecule has 4 aliphatic heterocycles. The van der Waals surface area contributed by atoms with E-state index in [0.717, 1.165) is 49.5 Å². The van der Waals surface area contributed by atoms with Crippen LogP contribution in [-0.4, -0.2) is 117 Å². The molecule has 0 radical (unpaired) electrons. The Bertz CT molecular complexity index is 4400. The van der Waals surface area contributed by atoms with E-state index < -0.39 is 24.2 Å². The second-order valence-electron chi connectivity index (χ2n) is 23.7. The van der Waals surface area contributed by atoms with Crippen molar-refractivity contribution in [2.24, 2.45) is 11.8 Å². The Hall–Kier alpha value is -10.2. The lowest BCUT2D eigenvalue weighted by molar-refractivity contribution is -0.136. The molecule has 3 aromatic heterocycles. The number of amides is 8. The van der Waals surface area contributed by atoms with Gasteiger partial charge in [0.1, 0.15) is 27.8 Å². The average molecular weight is 1240 g/mol. The minimum atomic E-state index is -0.833. The number of rotatable bonds is 15. The topological polar surface area (TPSA) is 179 Å². The van der Waals surface area contributed by atoms with Crippen LogP contribution in [0.15, 0.2) is 205 Å². The quantitative estimate of drug-likeness (QED) is 0.0907. The number of para-hydroxylation sites is 1. The number of aromatic hydroxyl groups is 1. The first kappa shape index (κ1) is 58.5. The normalized spacial score (nSPS) is 18.2. The van der Waals surface area contributed by atoms with E-state index in [4.69, 9.17) is 4.98 Å². The summed E-state index contributed by atoms with van der Waals surface area (Å²) in [7, 11) is 0. The number of carbonyl (C=O) groups excluding carboxylic acids is 6. The smallest absolute Gasteiger partial charge is 0.323 e. The van der Waals surface area contributed by atoms with E-state index in [9.17, 15) is 24.3 Å². The van der Waals surface area contributed by atoms with Crippen molar-refractivity contribution < 1.29 is 33.9 Å². The zero-order valence-electron chi connectivity index (χ0n) is 49.8. The number of carbonyl (C=O) groups is 6. The van der Waals surface area contributed by atoms with Crippen molar-refractivity contribution in [1.29, 1.82) is 0 Å². The van der Waals surface area contributed by atoms with Gasteiger partial charge in [-0.3, -0.25) is 29.0 Å². The Kier molecular flexibility index (Phi) is 16.3. The van der Waals surface area contributed by atoms with Gasteiger partial charge in [-0.1, -0.05) is 164 Å². The van der Waals surface area contributed by atoms with Crippen molar-refractivity contribution in [1.82, 2.24) is 35.2 Å². The van der Waals surface area contributed by atoms with Crippen LogP contribution in [0.1, 0.15) is 52.7 Å².